The molecule has 0 N–H and O–H groups in total. The zero-order valence-corrected chi connectivity index (χ0v) is 24.5. The largest absolute Gasteiger partial charge is 0.466 e. The highest BCUT2D eigenvalue weighted by atomic mass is 28.4. The van der Waals surface area contributed by atoms with E-state index in [2.05, 4.69) is 74.6 Å². The number of carbonyl (C=O) groups excluding carboxylic acids is 1. The molecule has 0 aliphatic rings. The third-order valence-corrected chi connectivity index (χ3v) is 15.5. The van der Waals surface area contributed by atoms with Crippen LogP contribution in [0, 0.1) is 0 Å². The smallest absolute Gasteiger partial charge is 0.307 e. The summed E-state index contributed by atoms with van der Waals surface area (Å²) in [5.41, 5.74) is 0. The molecule has 0 bridgehead atoms. The van der Waals surface area contributed by atoms with Gasteiger partial charge in [-0.05, 0) is 32.4 Å². The van der Waals surface area contributed by atoms with E-state index in [4.69, 9.17) is 4.74 Å². The van der Waals surface area contributed by atoms with Crippen molar-refractivity contribution in [3.63, 3.8) is 0 Å². The van der Waals surface area contributed by atoms with E-state index in [1.807, 2.05) is 0 Å². The van der Waals surface area contributed by atoms with Gasteiger partial charge in [0.05, 0.1) is 13.0 Å². The molecule has 0 unspecified atom stereocenters. The van der Waals surface area contributed by atoms with Gasteiger partial charge >= 0.3 is 5.97 Å². The molecule has 174 valence electrons. The second-order valence-electron chi connectivity index (χ2n) is 11.4. The van der Waals surface area contributed by atoms with E-state index in [-0.39, 0.29) is 5.97 Å². The molecule has 0 heterocycles. The van der Waals surface area contributed by atoms with Crippen LogP contribution >= 0.6 is 0 Å². The van der Waals surface area contributed by atoms with Crippen LogP contribution in [0.25, 0.3) is 0 Å². The first kappa shape index (κ1) is 29.0. The Morgan fingerprint density at radius 3 is 1.66 bits per heavy atom. The minimum Gasteiger partial charge on any atom is -0.466 e. The molecule has 0 aromatic carbocycles. The van der Waals surface area contributed by atoms with Gasteiger partial charge in [-0.25, -0.2) is 0 Å². The van der Waals surface area contributed by atoms with E-state index < -0.39 is 24.7 Å². The van der Waals surface area contributed by atoms with Crippen LogP contribution in [0.5, 0.6) is 0 Å². The van der Waals surface area contributed by atoms with E-state index in [0.717, 1.165) is 25.9 Å². The van der Waals surface area contributed by atoms with E-state index in [1.54, 1.807) is 0 Å². The van der Waals surface area contributed by atoms with Crippen LogP contribution in [0.4, 0.5) is 0 Å². The zero-order chi connectivity index (χ0) is 22.7. The highest BCUT2D eigenvalue weighted by Gasteiger charge is 2.33. The van der Waals surface area contributed by atoms with Gasteiger partial charge in [-0.1, -0.05) is 85.1 Å². The van der Waals surface area contributed by atoms with Crippen molar-refractivity contribution in [1.29, 1.82) is 0 Å². The molecule has 0 rings (SSSR count). The summed E-state index contributed by atoms with van der Waals surface area (Å²) in [4.78, 5) is 12.0. The number of hydrogen-bond donors (Lipinski definition) is 0. The summed E-state index contributed by atoms with van der Waals surface area (Å²) in [5, 5.41) is 0. The third kappa shape index (κ3) is 13.9. The quantitative estimate of drug-likeness (QED) is 0.152. The minimum absolute atomic E-state index is 0.0283. The molecule has 0 saturated carbocycles. The van der Waals surface area contributed by atoms with Gasteiger partial charge in [0.1, 0.15) is 24.7 Å². The molecular weight excluding hydrogens is 409 g/mol. The Kier molecular flexibility index (Phi) is 13.5. The number of unbranched alkanes of at least 4 members (excludes halogenated alkanes) is 4. The summed E-state index contributed by atoms with van der Waals surface area (Å²) in [7, 11) is -3.84. The van der Waals surface area contributed by atoms with Gasteiger partial charge in [0.25, 0.3) is 0 Å². The standard InChI is InChI=1S/C22H52N2O2Si3/c1-11-12-21-26-22(25)17-20-23(27(2,3)4)18-15-13-14-16-19-24(28(5,6)7)29(8,9)10/h11-21H2,1-10H3. The average molecular weight is 461 g/mol. The van der Waals surface area contributed by atoms with Gasteiger partial charge in [0.15, 0.2) is 0 Å². The lowest BCUT2D eigenvalue weighted by molar-refractivity contribution is -0.143. The highest BCUT2D eigenvalue weighted by Crippen LogP contribution is 2.21. The maximum Gasteiger partial charge on any atom is 0.307 e. The van der Waals surface area contributed by atoms with Gasteiger partial charge in [0, 0.05) is 6.54 Å². The molecule has 29 heavy (non-hydrogen) atoms. The molecular formula is C22H52N2O2Si3. The normalized spacial score (nSPS) is 13.4. The molecule has 0 atom stereocenters. The number of carbonyl (C=O) groups is 1. The lowest BCUT2D eigenvalue weighted by Gasteiger charge is -2.43. The fourth-order valence-electron chi connectivity index (χ4n) is 4.01. The molecule has 7 heteroatoms. The number of hydrogen-bond acceptors (Lipinski definition) is 4. The Labute approximate surface area is 186 Å². The lowest BCUT2D eigenvalue weighted by atomic mass is 10.2. The van der Waals surface area contributed by atoms with Crippen molar-refractivity contribution in [2.75, 3.05) is 26.2 Å². The van der Waals surface area contributed by atoms with Crippen molar-refractivity contribution < 1.29 is 9.53 Å². The van der Waals surface area contributed by atoms with Crippen molar-refractivity contribution in [3.05, 3.63) is 0 Å². The van der Waals surface area contributed by atoms with Crippen LogP contribution < -0.4 is 0 Å². The van der Waals surface area contributed by atoms with E-state index in [0.29, 0.717) is 13.0 Å². The first-order valence-electron chi connectivity index (χ1n) is 11.9. The van der Waals surface area contributed by atoms with Crippen LogP contribution in [0.15, 0.2) is 0 Å². The molecule has 0 aromatic rings. The summed E-state index contributed by atoms with van der Waals surface area (Å²) >= 11 is 0. The van der Waals surface area contributed by atoms with Gasteiger partial charge in [-0.2, -0.15) is 0 Å². The van der Waals surface area contributed by atoms with E-state index >= 15 is 0 Å². The molecule has 0 saturated heterocycles. The number of esters is 1. The molecule has 0 aliphatic heterocycles. The fraction of sp³-hybridized carbons (Fsp3) is 0.955. The van der Waals surface area contributed by atoms with Gasteiger partial charge in [0.2, 0.25) is 0 Å². The SMILES string of the molecule is CCCCOC(=O)CCN(CCCCCCN([Si](C)(C)C)[Si](C)(C)C)[Si](C)(C)C. The molecule has 0 amide bonds. The number of ether oxygens (including phenoxy) is 1. The maximum atomic E-state index is 12.0. The monoisotopic (exact) mass is 460 g/mol. The first-order valence-corrected chi connectivity index (χ1v) is 22.2. The molecule has 0 fully saturated rings. The Balaban J connectivity index is 4.28. The summed E-state index contributed by atoms with van der Waals surface area (Å²) in [6, 6.07) is 0. The van der Waals surface area contributed by atoms with Gasteiger partial charge in [-0.15, -0.1) is 0 Å². The van der Waals surface area contributed by atoms with Crippen molar-refractivity contribution in [2.24, 2.45) is 0 Å². The number of nitrogens with zero attached hydrogens (tertiary/aromatic N) is 2. The summed E-state index contributed by atoms with van der Waals surface area (Å²) in [6.07, 6.45) is 7.77. The Morgan fingerprint density at radius 1 is 0.690 bits per heavy atom. The second kappa shape index (κ2) is 13.5. The number of rotatable bonds is 16. The maximum absolute atomic E-state index is 12.0. The fourth-order valence-corrected chi connectivity index (χ4v) is 15.3. The second-order valence-corrected chi connectivity index (χ2v) is 26.6. The molecule has 0 radical (unpaired) electrons. The first-order chi connectivity index (χ1) is 13.2. The molecule has 4 nitrogen and oxygen atoms in total. The zero-order valence-electron chi connectivity index (χ0n) is 21.5. The summed E-state index contributed by atoms with van der Waals surface area (Å²) < 4.78 is 10.8. The van der Waals surface area contributed by atoms with Gasteiger partial charge < -0.3 is 13.5 Å². The van der Waals surface area contributed by atoms with Crippen LogP contribution in [-0.2, 0) is 9.53 Å². The van der Waals surface area contributed by atoms with Gasteiger partial charge in [-0.3, -0.25) is 4.79 Å². The van der Waals surface area contributed by atoms with Crippen molar-refractivity contribution in [2.45, 2.75) is 111 Å². The topological polar surface area (TPSA) is 32.8 Å². The molecule has 0 aliphatic carbocycles. The minimum atomic E-state index is -1.40. The molecule has 0 spiro atoms. The van der Waals surface area contributed by atoms with Crippen molar-refractivity contribution in [3.8, 4) is 0 Å². The highest BCUT2D eigenvalue weighted by molar-refractivity contribution is 6.89. The summed E-state index contributed by atoms with van der Waals surface area (Å²) in [5.74, 6) is -0.0283. The van der Waals surface area contributed by atoms with E-state index in [1.165, 1.54) is 32.2 Å². The van der Waals surface area contributed by atoms with Crippen LogP contribution in [0.3, 0.4) is 0 Å². The molecule has 0 aromatic heterocycles. The van der Waals surface area contributed by atoms with Crippen LogP contribution in [-0.4, -0.2) is 65.7 Å². The lowest BCUT2D eigenvalue weighted by Crippen LogP contribution is -2.59. The van der Waals surface area contributed by atoms with Crippen LogP contribution in [0.2, 0.25) is 58.9 Å². The van der Waals surface area contributed by atoms with E-state index in [9.17, 15) is 4.79 Å². The third-order valence-electron chi connectivity index (χ3n) is 5.47. The Hall–Kier alpha value is 0.0406. The Morgan fingerprint density at radius 2 is 1.21 bits per heavy atom. The predicted molar refractivity (Wildman–Crippen MR) is 137 cm³/mol. The predicted octanol–water partition coefficient (Wildman–Crippen LogP) is 6.39. The Bertz CT molecular complexity index is 440. The van der Waals surface area contributed by atoms with Crippen molar-refractivity contribution in [1.82, 2.24) is 8.80 Å². The average Bonchev–Trinajstić information content (AvgIpc) is 2.53. The van der Waals surface area contributed by atoms with Crippen LogP contribution in [0.1, 0.15) is 51.9 Å². The van der Waals surface area contributed by atoms with Crippen molar-refractivity contribution >= 4 is 30.7 Å². The summed E-state index contributed by atoms with van der Waals surface area (Å²) in [6.45, 7) is 28.1.